The van der Waals surface area contributed by atoms with Crippen LogP contribution in [-0.2, 0) is 4.79 Å². The summed E-state index contributed by atoms with van der Waals surface area (Å²) in [6, 6.07) is 8.34. The van der Waals surface area contributed by atoms with Crippen molar-refractivity contribution in [1.82, 2.24) is 5.32 Å². The van der Waals surface area contributed by atoms with E-state index in [1.807, 2.05) is 12.1 Å². The third-order valence-electron chi connectivity index (χ3n) is 7.65. The molecule has 2 bridgehead atoms. The summed E-state index contributed by atoms with van der Waals surface area (Å²) in [5.41, 5.74) is 1.07. The monoisotopic (exact) mass is 439 g/mol. The summed E-state index contributed by atoms with van der Waals surface area (Å²) in [5.74, 6) is 1.01. The molecular weight excluding hydrogens is 406 g/mol. The van der Waals surface area contributed by atoms with Crippen molar-refractivity contribution >= 4 is 33.3 Å². The highest BCUT2D eigenvalue weighted by Gasteiger charge is 2.57. The summed E-state index contributed by atoms with van der Waals surface area (Å²) in [7, 11) is 0. The van der Waals surface area contributed by atoms with Gasteiger partial charge in [-0.1, -0.05) is 38.1 Å². The van der Waals surface area contributed by atoms with E-state index in [0.29, 0.717) is 18.3 Å². The molecular formula is C26H33NO3S. The van der Waals surface area contributed by atoms with Gasteiger partial charge in [0, 0.05) is 22.0 Å². The zero-order chi connectivity index (χ0) is 22.2. The number of amides is 1. The summed E-state index contributed by atoms with van der Waals surface area (Å²) in [6.45, 7) is 6.79. The van der Waals surface area contributed by atoms with Gasteiger partial charge in [-0.2, -0.15) is 0 Å². The Hall–Kier alpha value is -2.14. The average Bonchev–Trinajstić information content (AvgIpc) is 3.10. The molecule has 31 heavy (non-hydrogen) atoms. The molecule has 4 unspecified atom stereocenters. The van der Waals surface area contributed by atoms with Crippen LogP contribution >= 0.6 is 11.3 Å². The van der Waals surface area contributed by atoms with Crippen molar-refractivity contribution in [2.75, 3.05) is 0 Å². The minimum absolute atomic E-state index is 0.0500. The molecule has 2 aromatic rings. The molecule has 5 heteroatoms. The molecule has 1 heterocycles. The highest BCUT2D eigenvalue weighted by atomic mass is 32.1. The van der Waals surface area contributed by atoms with E-state index in [9.17, 15) is 9.59 Å². The third kappa shape index (κ3) is 4.43. The first-order valence-corrected chi connectivity index (χ1v) is 12.3. The van der Waals surface area contributed by atoms with Gasteiger partial charge in [0.05, 0.1) is 5.56 Å². The first-order chi connectivity index (χ1) is 14.8. The molecule has 5 rings (SSSR count). The van der Waals surface area contributed by atoms with Crippen molar-refractivity contribution in [1.29, 1.82) is 0 Å². The zero-order valence-electron chi connectivity index (χ0n) is 18.7. The highest BCUT2D eigenvalue weighted by molar-refractivity contribution is 7.19. The third-order valence-corrected chi connectivity index (χ3v) is 8.75. The van der Waals surface area contributed by atoms with Gasteiger partial charge in [0.15, 0.2) is 0 Å². The molecule has 4 atom stereocenters. The average molecular weight is 440 g/mol. The molecule has 0 radical (unpaired) electrons. The lowest BCUT2D eigenvalue weighted by molar-refractivity contribution is -0.137. The standard InChI is InChI=1S/C26H33NO3S/c1-16-13-18-10-8-11-20(24(18)31-16)25(30)27-23-17(9-6-4-5-7-12-22(28)29)14-19-15-21(23)26(19,2)3/h4,6,8,10-11,13,17,19,21,23H,5,7,9,12,14-15H2,1-3H3,(H,27,30)(H,28,29)/b6-4-. The van der Waals surface area contributed by atoms with E-state index in [-0.39, 0.29) is 23.8 Å². The summed E-state index contributed by atoms with van der Waals surface area (Å²) in [5, 5.41) is 13.4. The Morgan fingerprint density at radius 2 is 2.06 bits per heavy atom. The van der Waals surface area contributed by atoms with E-state index in [2.05, 4.69) is 50.4 Å². The number of unbranched alkanes of at least 4 members (excludes halogenated alkanes) is 1. The number of aryl methyl sites for hydroxylation is 1. The van der Waals surface area contributed by atoms with E-state index in [1.165, 1.54) is 11.3 Å². The normalized spacial score (nSPS) is 26.7. The topological polar surface area (TPSA) is 66.4 Å². The SMILES string of the molecule is Cc1cc2cccc(C(=O)NC3C(C/C=C\CCCC(=O)O)CC4CC3C4(C)C)c2s1. The van der Waals surface area contributed by atoms with E-state index in [1.54, 1.807) is 11.3 Å². The van der Waals surface area contributed by atoms with Crippen LogP contribution in [0.1, 0.15) is 67.6 Å². The first kappa shape index (κ1) is 22.1. The van der Waals surface area contributed by atoms with Crippen molar-refractivity contribution in [3.8, 4) is 0 Å². The zero-order valence-corrected chi connectivity index (χ0v) is 19.5. The number of nitrogens with one attached hydrogen (secondary N) is 1. The predicted octanol–water partition coefficient (Wildman–Crippen LogP) is 6.19. The number of rotatable bonds is 8. The van der Waals surface area contributed by atoms with E-state index < -0.39 is 5.97 Å². The Bertz CT molecular complexity index is 1010. The van der Waals surface area contributed by atoms with Gasteiger partial charge in [-0.05, 0) is 79.7 Å². The molecule has 0 aliphatic heterocycles. The van der Waals surface area contributed by atoms with Crippen molar-refractivity contribution in [3.63, 3.8) is 0 Å². The fraction of sp³-hybridized carbons (Fsp3) is 0.538. The number of fused-ring (bicyclic) bond motifs is 3. The molecule has 2 N–H and O–H groups in total. The molecule has 166 valence electrons. The van der Waals surface area contributed by atoms with Crippen LogP contribution < -0.4 is 5.32 Å². The summed E-state index contributed by atoms with van der Waals surface area (Å²) in [4.78, 5) is 25.2. The van der Waals surface area contributed by atoms with Crippen LogP contribution in [0.4, 0.5) is 0 Å². The number of thiophene rings is 1. The Morgan fingerprint density at radius 1 is 1.26 bits per heavy atom. The molecule has 3 aliphatic carbocycles. The van der Waals surface area contributed by atoms with Crippen molar-refractivity contribution < 1.29 is 14.7 Å². The molecule has 1 aromatic carbocycles. The number of benzene rings is 1. The number of carboxylic acid groups (broad SMARTS) is 1. The fourth-order valence-electron chi connectivity index (χ4n) is 5.73. The predicted molar refractivity (Wildman–Crippen MR) is 127 cm³/mol. The Kier molecular flexibility index (Phi) is 6.25. The molecule has 1 aromatic heterocycles. The molecule has 3 fully saturated rings. The number of aliphatic carboxylic acids is 1. The molecule has 3 saturated carbocycles. The van der Waals surface area contributed by atoms with E-state index in [0.717, 1.165) is 40.8 Å². The van der Waals surface area contributed by atoms with Crippen molar-refractivity contribution in [2.45, 2.75) is 65.3 Å². The number of hydrogen-bond donors (Lipinski definition) is 2. The van der Waals surface area contributed by atoms with Crippen LogP contribution in [0.3, 0.4) is 0 Å². The van der Waals surface area contributed by atoms with Gasteiger partial charge in [0.2, 0.25) is 0 Å². The Balaban J connectivity index is 1.47. The van der Waals surface area contributed by atoms with Gasteiger partial charge in [0.25, 0.3) is 5.91 Å². The Labute approximate surface area is 188 Å². The lowest BCUT2D eigenvalue weighted by Gasteiger charge is -2.62. The van der Waals surface area contributed by atoms with Crippen LogP contribution in [-0.4, -0.2) is 23.0 Å². The molecule has 0 spiro atoms. The van der Waals surface area contributed by atoms with E-state index >= 15 is 0 Å². The van der Waals surface area contributed by atoms with Crippen molar-refractivity contribution in [2.24, 2.45) is 23.2 Å². The number of carbonyl (C=O) groups is 2. The van der Waals surface area contributed by atoms with Gasteiger partial charge in [0.1, 0.15) is 0 Å². The summed E-state index contributed by atoms with van der Waals surface area (Å²) < 4.78 is 1.08. The minimum atomic E-state index is -0.735. The molecule has 4 nitrogen and oxygen atoms in total. The minimum Gasteiger partial charge on any atom is -0.481 e. The fourth-order valence-corrected chi connectivity index (χ4v) is 6.75. The van der Waals surface area contributed by atoms with Crippen LogP contribution in [0.25, 0.3) is 10.1 Å². The second-order valence-electron chi connectivity index (χ2n) is 9.93. The smallest absolute Gasteiger partial charge is 0.303 e. The lowest BCUT2D eigenvalue weighted by atomic mass is 9.44. The molecule has 1 amide bonds. The van der Waals surface area contributed by atoms with Crippen LogP contribution in [0.15, 0.2) is 36.4 Å². The first-order valence-electron chi connectivity index (χ1n) is 11.4. The van der Waals surface area contributed by atoms with Gasteiger partial charge >= 0.3 is 5.97 Å². The number of carboxylic acids is 1. The lowest BCUT2D eigenvalue weighted by Crippen LogP contribution is -2.63. The second-order valence-corrected chi connectivity index (χ2v) is 11.2. The largest absolute Gasteiger partial charge is 0.481 e. The summed E-state index contributed by atoms with van der Waals surface area (Å²) in [6.07, 6.45) is 9.32. The number of carbonyl (C=O) groups excluding carboxylic acids is 1. The maximum absolute atomic E-state index is 13.4. The van der Waals surface area contributed by atoms with E-state index in [4.69, 9.17) is 5.11 Å². The van der Waals surface area contributed by atoms with Gasteiger partial charge in [-0.3, -0.25) is 9.59 Å². The van der Waals surface area contributed by atoms with Crippen molar-refractivity contribution in [3.05, 3.63) is 46.9 Å². The number of hydrogen-bond acceptors (Lipinski definition) is 3. The maximum Gasteiger partial charge on any atom is 0.303 e. The van der Waals surface area contributed by atoms with Crippen LogP contribution in [0, 0.1) is 30.1 Å². The van der Waals surface area contributed by atoms with Gasteiger partial charge in [-0.25, -0.2) is 0 Å². The Morgan fingerprint density at radius 3 is 2.81 bits per heavy atom. The van der Waals surface area contributed by atoms with Gasteiger partial charge < -0.3 is 10.4 Å². The second kappa shape index (κ2) is 8.78. The molecule has 3 aliphatic rings. The maximum atomic E-state index is 13.4. The summed E-state index contributed by atoms with van der Waals surface area (Å²) >= 11 is 1.69. The van der Waals surface area contributed by atoms with Crippen LogP contribution in [0.2, 0.25) is 0 Å². The van der Waals surface area contributed by atoms with Crippen LogP contribution in [0.5, 0.6) is 0 Å². The number of allylic oxidation sites excluding steroid dienone is 2. The van der Waals surface area contributed by atoms with Gasteiger partial charge in [-0.15, -0.1) is 11.3 Å². The quantitative estimate of drug-likeness (QED) is 0.381. The molecule has 0 saturated heterocycles. The highest BCUT2D eigenvalue weighted by Crippen LogP contribution is 2.61.